The smallest absolute Gasteiger partial charge is 0.335 e. The van der Waals surface area contributed by atoms with Crippen LogP contribution in [0.1, 0.15) is 0 Å². The highest BCUT2D eigenvalue weighted by molar-refractivity contribution is 5.73. The van der Waals surface area contributed by atoms with Gasteiger partial charge >= 0.3 is 5.97 Å². The molecule has 0 unspecified atom stereocenters. The van der Waals surface area contributed by atoms with Gasteiger partial charge in [-0.1, -0.05) is 0 Å². The van der Waals surface area contributed by atoms with Crippen molar-refractivity contribution in [2.45, 2.75) is 30.6 Å². The molecule has 7 N–H and O–H groups in total. The molecule has 1 aromatic carbocycles. The fourth-order valence-electron chi connectivity index (χ4n) is 1.95. The quantitative estimate of drug-likeness (QED) is 0.371. The molecule has 20 heavy (non-hydrogen) atoms. The van der Waals surface area contributed by atoms with Gasteiger partial charge in [-0.05, 0) is 24.3 Å². The number of nitrogens with two attached hydrogens (primary N) is 1. The first-order valence-corrected chi connectivity index (χ1v) is 5.94. The summed E-state index contributed by atoms with van der Waals surface area (Å²) >= 11 is 0. The molecule has 8 heteroatoms. The summed E-state index contributed by atoms with van der Waals surface area (Å²) in [6.07, 6.45) is -7.60. The van der Waals surface area contributed by atoms with E-state index in [0.29, 0.717) is 11.4 Å². The van der Waals surface area contributed by atoms with Gasteiger partial charge in [-0.2, -0.15) is 0 Å². The van der Waals surface area contributed by atoms with E-state index in [2.05, 4.69) is 5.32 Å². The molecule has 8 nitrogen and oxygen atoms in total. The van der Waals surface area contributed by atoms with E-state index >= 15 is 0 Å². The van der Waals surface area contributed by atoms with Crippen LogP contribution in [0.15, 0.2) is 24.3 Å². The second-order valence-electron chi connectivity index (χ2n) is 4.55. The molecule has 0 radical (unpaired) electrons. The molecule has 1 saturated heterocycles. The van der Waals surface area contributed by atoms with Crippen LogP contribution in [-0.4, -0.2) is 57.0 Å². The summed E-state index contributed by atoms with van der Waals surface area (Å²) in [5, 5.41) is 40.6. The molecule has 0 amide bonds. The number of aliphatic hydroxyl groups excluding tert-OH is 3. The Bertz CT molecular complexity index is 479. The van der Waals surface area contributed by atoms with Crippen LogP contribution in [0.2, 0.25) is 0 Å². The van der Waals surface area contributed by atoms with Crippen LogP contribution < -0.4 is 11.1 Å². The Morgan fingerprint density at radius 3 is 2.25 bits per heavy atom. The van der Waals surface area contributed by atoms with Crippen LogP contribution >= 0.6 is 0 Å². The maximum Gasteiger partial charge on any atom is 0.335 e. The van der Waals surface area contributed by atoms with Crippen LogP contribution in [0, 0.1) is 0 Å². The number of hydrogen-bond donors (Lipinski definition) is 6. The zero-order chi connectivity index (χ0) is 14.9. The molecule has 1 aliphatic rings. The lowest BCUT2D eigenvalue weighted by molar-refractivity contribution is -0.221. The molecular formula is C12H16N2O6. The first kappa shape index (κ1) is 14.5. The van der Waals surface area contributed by atoms with E-state index in [1.165, 1.54) is 0 Å². The predicted molar refractivity (Wildman–Crippen MR) is 68.8 cm³/mol. The topological polar surface area (TPSA) is 145 Å². The minimum atomic E-state index is -1.70. The average molecular weight is 284 g/mol. The Labute approximate surface area is 114 Å². The number of nitrogen functional groups attached to an aromatic ring is 1. The first-order valence-electron chi connectivity index (χ1n) is 5.94. The number of benzene rings is 1. The number of carbonyl (C=O) groups is 1. The second kappa shape index (κ2) is 5.63. The van der Waals surface area contributed by atoms with Gasteiger partial charge in [0.25, 0.3) is 0 Å². The summed E-state index contributed by atoms with van der Waals surface area (Å²) in [7, 11) is 0. The van der Waals surface area contributed by atoms with Crippen molar-refractivity contribution in [3.8, 4) is 0 Å². The van der Waals surface area contributed by atoms with E-state index in [-0.39, 0.29) is 0 Å². The molecule has 1 aromatic rings. The Morgan fingerprint density at radius 1 is 1.10 bits per heavy atom. The van der Waals surface area contributed by atoms with Crippen molar-refractivity contribution >= 4 is 17.3 Å². The summed E-state index contributed by atoms with van der Waals surface area (Å²) in [6.45, 7) is 0. The number of carboxylic acids is 1. The minimum absolute atomic E-state index is 0.524. The third-order valence-corrected chi connectivity index (χ3v) is 3.08. The van der Waals surface area contributed by atoms with Crippen LogP contribution in [0.4, 0.5) is 11.4 Å². The van der Waals surface area contributed by atoms with E-state index in [1.807, 2.05) is 0 Å². The normalized spacial score (nSPS) is 33.6. The van der Waals surface area contributed by atoms with Crippen LogP contribution in [-0.2, 0) is 9.53 Å². The number of nitrogens with one attached hydrogen (secondary N) is 1. The van der Waals surface area contributed by atoms with Crippen molar-refractivity contribution in [2.75, 3.05) is 11.1 Å². The summed E-state index contributed by atoms with van der Waals surface area (Å²) < 4.78 is 5.08. The highest BCUT2D eigenvalue weighted by Gasteiger charge is 2.46. The van der Waals surface area contributed by atoms with E-state index in [4.69, 9.17) is 15.6 Å². The zero-order valence-electron chi connectivity index (χ0n) is 10.4. The minimum Gasteiger partial charge on any atom is -0.479 e. The number of anilines is 2. The Hall–Kier alpha value is -1.87. The van der Waals surface area contributed by atoms with Gasteiger partial charge in [0.15, 0.2) is 12.3 Å². The molecule has 1 fully saturated rings. The van der Waals surface area contributed by atoms with Gasteiger partial charge in [-0.3, -0.25) is 0 Å². The SMILES string of the molecule is Nc1ccc(N[C@@H]2O[C@H](C(=O)O)[C@@H](O)[C@H](O)[C@H]2O)cc1. The van der Waals surface area contributed by atoms with Crippen molar-refractivity contribution in [2.24, 2.45) is 0 Å². The van der Waals surface area contributed by atoms with Gasteiger partial charge in [0.1, 0.15) is 18.3 Å². The molecule has 0 bridgehead atoms. The Morgan fingerprint density at radius 2 is 1.70 bits per heavy atom. The van der Waals surface area contributed by atoms with E-state index in [1.54, 1.807) is 24.3 Å². The van der Waals surface area contributed by atoms with Crippen molar-refractivity contribution < 1.29 is 30.0 Å². The average Bonchev–Trinajstić information content (AvgIpc) is 2.41. The fourth-order valence-corrected chi connectivity index (χ4v) is 1.95. The number of carboxylic acid groups (broad SMARTS) is 1. The Kier molecular flexibility index (Phi) is 4.09. The standard InChI is InChI=1S/C12H16N2O6/c13-5-1-3-6(4-2-5)14-11-9(17)7(15)8(16)10(20-11)12(18)19/h1-4,7-11,14-17H,13H2,(H,18,19)/t7-,8-,9+,10-,11+/m0/s1. The molecule has 0 spiro atoms. The first-order chi connectivity index (χ1) is 9.40. The third kappa shape index (κ3) is 2.83. The monoisotopic (exact) mass is 284 g/mol. The van der Waals surface area contributed by atoms with Crippen molar-refractivity contribution in [3.63, 3.8) is 0 Å². The van der Waals surface area contributed by atoms with Crippen molar-refractivity contribution in [1.82, 2.24) is 0 Å². The van der Waals surface area contributed by atoms with Gasteiger partial charge in [0.2, 0.25) is 0 Å². The van der Waals surface area contributed by atoms with Crippen LogP contribution in [0.25, 0.3) is 0 Å². The van der Waals surface area contributed by atoms with Gasteiger partial charge in [0.05, 0.1) is 0 Å². The summed E-state index contributed by atoms with van der Waals surface area (Å²) in [6, 6.07) is 6.44. The highest BCUT2D eigenvalue weighted by atomic mass is 16.6. The van der Waals surface area contributed by atoms with Gasteiger partial charge in [-0.15, -0.1) is 0 Å². The maximum atomic E-state index is 10.9. The highest BCUT2D eigenvalue weighted by Crippen LogP contribution is 2.23. The van der Waals surface area contributed by atoms with Gasteiger partial charge in [-0.25, -0.2) is 4.79 Å². The van der Waals surface area contributed by atoms with Gasteiger partial charge in [0, 0.05) is 11.4 Å². The van der Waals surface area contributed by atoms with Crippen LogP contribution in [0.3, 0.4) is 0 Å². The van der Waals surface area contributed by atoms with E-state index < -0.39 is 36.6 Å². The Balaban J connectivity index is 2.13. The van der Waals surface area contributed by atoms with Crippen LogP contribution in [0.5, 0.6) is 0 Å². The molecule has 2 rings (SSSR count). The molecule has 0 saturated carbocycles. The molecule has 1 aliphatic heterocycles. The molecule has 0 aromatic heterocycles. The number of aliphatic carboxylic acids is 1. The summed E-state index contributed by atoms with van der Waals surface area (Å²) in [5.41, 5.74) is 6.60. The van der Waals surface area contributed by atoms with Crippen molar-refractivity contribution in [3.05, 3.63) is 24.3 Å². The third-order valence-electron chi connectivity index (χ3n) is 3.08. The molecule has 1 heterocycles. The lowest BCUT2D eigenvalue weighted by Crippen LogP contribution is -2.61. The van der Waals surface area contributed by atoms with Gasteiger partial charge < -0.3 is 36.2 Å². The largest absolute Gasteiger partial charge is 0.479 e. The number of rotatable bonds is 3. The van der Waals surface area contributed by atoms with Crippen molar-refractivity contribution in [1.29, 1.82) is 0 Å². The number of ether oxygens (including phenoxy) is 1. The summed E-state index contributed by atoms with van der Waals surface area (Å²) in [4.78, 5) is 10.9. The second-order valence-corrected chi connectivity index (χ2v) is 4.55. The number of hydrogen-bond acceptors (Lipinski definition) is 7. The summed E-state index contributed by atoms with van der Waals surface area (Å²) in [5.74, 6) is -1.42. The van der Waals surface area contributed by atoms with E-state index in [0.717, 1.165) is 0 Å². The lowest BCUT2D eigenvalue weighted by Gasteiger charge is -2.39. The fraction of sp³-hybridized carbons (Fsp3) is 0.417. The van der Waals surface area contributed by atoms with E-state index in [9.17, 15) is 20.1 Å². The predicted octanol–water partition coefficient (Wildman–Crippen LogP) is -1.43. The maximum absolute atomic E-state index is 10.9. The molecule has 5 atom stereocenters. The zero-order valence-corrected chi connectivity index (χ0v) is 10.4. The molecule has 0 aliphatic carbocycles. The lowest BCUT2D eigenvalue weighted by atomic mass is 9.98. The molecular weight excluding hydrogens is 268 g/mol. The molecule has 110 valence electrons. The number of aliphatic hydroxyl groups is 3.